The van der Waals surface area contributed by atoms with E-state index in [4.69, 9.17) is 5.11 Å². The van der Waals surface area contributed by atoms with E-state index in [1.165, 1.54) is 0 Å². The molecule has 0 aliphatic carbocycles. The molecule has 3 amide bonds. The van der Waals surface area contributed by atoms with Gasteiger partial charge in [-0.25, -0.2) is 9.59 Å². The quantitative estimate of drug-likeness (QED) is 0.565. The first-order valence-corrected chi connectivity index (χ1v) is 4.92. The first kappa shape index (κ1) is 15.1. The number of hydrogen-bond donors (Lipinski definition) is 3. The molecule has 0 radical (unpaired) electrons. The van der Waals surface area contributed by atoms with Gasteiger partial charge in [-0.1, -0.05) is 11.6 Å². The van der Waals surface area contributed by atoms with Gasteiger partial charge in [0.2, 0.25) is 0 Å². The molecule has 7 nitrogen and oxygen atoms in total. The normalized spacial score (nSPS) is 9.29. The standard InChI is InChI=1S/C10H16N2O5/c1-7(2)3-4-11-10(16)12-8(13)5-17-6-9(14)15/h3H,4-6H2,1-2H3,(H,14,15)(H2,11,12,13,16). The second-order valence-corrected chi connectivity index (χ2v) is 3.43. The van der Waals surface area contributed by atoms with Crippen molar-refractivity contribution >= 4 is 17.9 Å². The third-order valence-corrected chi connectivity index (χ3v) is 1.48. The van der Waals surface area contributed by atoms with E-state index in [-0.39, 0.29) is 0 Å². The van der Waals surface area contributed by atoms with Gasteiger partial charge in [-0.2, -0.15) is 0 Å². The minimum Gasteiger partial charge on any atom is -0.480 e. The number of carboxylic acid groups (broad SMARTS) is 1. The molecule has 0 aromatic rings. The smallest absolute Gasteiger partial charge is 0.329 e. The molecule has 0 spiro atoms. The molecule has 0 saturated carbocycles. The number of hydrogen-bond acceptors (Lipinski definition) is 4. The van der Waals surface area contributed by atoms with Crippen LogP contribution in [0.5, 0.6) is 0 Å². The van der Waals surface area contributed by atoms with Crippen LogP contribution in [0.3, 0.4) is 0 Å². The Morgan fingerprint density at radius 2 is 1.88 bits per heavy atom. The highest BCUT2D eigenvalue weighted by molar-refractivity contribution is 5.94. The molecule has 3 N–H and O–H groups in total. The van der Waals surface area contributed by atoms with Gasteiger partial charge in [-0.3, -0.25) is 10.1 Å². The van der Waals surface area contributed by atoms with Gasteiger partial charge in [0.25, 0.3) is 5.91 Å². The molecule has 7 heteroatoms. The number of urea groups is 1. The van der Waals surface area contributed by atoms with Gasteiger partial charge < -0.3 is 15.2 Å². The highest BCUT2D eigenvalue weighted by Crippen LogP contribution is 1.85. The van der Waals surface area contributed by atoms with Gasteiger partial charge >= 0.3 is 12.0 Å². The molecule has 0 atom stereocenters. The van der Waals surface area contributed by atoms with Crippen LogP contribution in [0.15, 0.2) is 11.6 Å². The molecule has 17 heavy (non-hydrogen) atoms. The molecule has 0 heterocycles. The Hall–Kier alpha value is -1.89. The van der Waals surface area contributed by atoms with E-state index in [0.717, 1.165) is 5.57 Å². The lowest BCUT2D eigenvalue weighted by Gasteiger charge is -2.04. The minimum atomic E-state index is -1.18. The number of rotatable bonds is 6. The van der Waals surface area contributed by atoms with Crippen molar-refractivity contribution in [1.29, 1.82) is 0 Å². The zero-order valence-corrected chi connectivity index (χ0v) is 9.78. The number of carbonyl (C=O) groups excluding carboxylic acids is 2. The van der Waals surface area contributed by atoms with Crippen molar-refractivity contribution in [3.63, 3.8) is 0 Å². The molecular formula is C10H16N2O5. The van der Waals surface area contributed by atoms with Crippen LogP contribution in [0.4, 0.5) is 4.79 Å². The van der Waals surface area contributed by atoms with Crippen LogP contribution in [0.25, 0.3) is 0 Å². The summed E-state index contributed by atoms with van der Waals surface area (Å²) < 4.78 is 4.50. The minimum absolute atomic E-state index is 0.317. The first-order valence-electron chi connectivity index (χ1n) is 4.92. The number of ether oxygens (including phenoxy) is 1. The third-order valence-electron chi connectivity index (χ3n) is 1.48. The van der Waals surface area contributed by atoms with E-state index in [0.29, 0.717) is 6.54 Å². The van der Waals surface area contributed by atoms with E-state index in [9.17, 15) is 14.4 Å². The average molecular weight is 244 g/mol. The number of amides is 3. The maximum absolute atomic E-state index is 11.1. The molecule has 96 valence electrons. The van der Waals surface area contributed by atoms with Gasteiger partial charge in [0.1, 0.15) is 13.2 Å². The van der Waals surface area contributed by atoms with Crippen molar-refractivity contribution in [3.05, 3.63) is 11.6 Å². The van der Waals surface area contributed by atoms with Crippen molar-refractivity contribution in [2.75, 3.05) is 19.8 Å². The van der Waals surface area contributed by atoms with Crippen molar-refractivity contribution in [3.8, 4) is 0 Å². The van der Waals surface area contributed by atoms with E-state index in [2.05, 4.69) is 10.1 Å². The van der Waals surface area contributed by atoms with Crippen molar-refractivity contribution in [2.45, 2.75) is 13.8 Å². The van der Waals surface area contributed by atoms with Gasteiger partial charge in [-0.15, -0.1) is 0 Å². The summed E-state index contributed by atoms with van der Waals surface area (Å²) in [6.45, 7) is 3.03. The number of carbonyl (C=O) groups is 3. The van der Waals surface area contributed by atoms with Gasteiger partial charge in [0.15, 0.2) is 0 Å². The Morgan fingerprint density at radius 3 is 2.41 bits per heavy atom. The SMILES string of the molecule is CC(C)=CCNC(=O)NC(=O)COCC(=O)O. The predicted molar refractivity (Wildman–Crippen MR) is 59.4 cm³/mol. The van der Waals surface area contributed by atoms with E-state index >= 15 is 0 Å². The maximum atomic E-state index is 11.1. The Morgan fingerprint density at radius 1 is 1.24 bits per heavy atom. The number of allylic oxidation sites excluding steroid dienone is 1. The molecule has 0 rings (SSSR count). The Balaban J connectivity index is 3.69. The van der Waals surface area contributed by atoms with Gasteiger partial charge in [0, 0.05) is 6.54 Å². The second kappa shape index (κ2) is 8.28. The fourth-order valence-electron chi connectivity index (χ4n) is 0.786. The molecule has 0 bridgehead atoms. The Kier molecular flexibility index (Phi) is 7.36. The second-order valence-electron chi connectivity index (χ2n) is 3.43. The fraction of sp³-hybridized carbons (Fsp3) is 0.500. The summed E-state index contributed by atoms with van der Waals surface area (Å²) in [6, 6.07) is -0.647. The van der Waals surface area contributed by atoms with E-state index in [1.807, 2.05) is 19.2 Å². The zero-order chi connectivity index (χ0) is 13.3. The number of imide groups is 1. The van der Waals surface area contributed by atoms with Crippen LogP contribution in [0.1, 0.15) is 13.8 Å². The van der Waals surface area contributed by atoms with Crippen molar-refractivity contribution in [1.82, 2.24) is 10.6 Å². The molecule has 0 fully saturated rings. The third kappa shape index (κ3) is 10.4. The number of nitrogens with one attached hydrogen (secondary N) is 2. The molecule has 0 saturated heterocycles. The Bertz CT molecular complexity index is 321. The van der Waals surface area contributed by atoms with Crippen molar-refractivity contribution < 1.29 is 24.2 Å². The first-order chi connectivity index (χ1) is 7.91. The summed E-state index contributed by atoms with van der Waals surface area (Å²) in [7, 11) is 0. The molecular weight excluding hydrogens is 228 g/mol. The summed E-state index contributed by atoms with van der Waals surface area (Å²) in [4.78, 5) is 32.2. The molecule has 0 aliphatic heterocycles. The van der Waals surface area contributed by atoms with Crippen LogP contribution in [0, 0.1) is 0 Å². The lowest BCUT2D eigenvalue weighted by atomic mass is 10.3. The molecule has 0 unspecified atom stereocenters. The molecule has 0 aliphatic rings. The topological polar surface area (TPSA) is 105 Å². The van der Waals surface area contributed by atoms with E-state index < -0.39 is 31.1 Å². The lowest BCUT2D eigenvalue weighted by molar-refractivity contribution is -0.143. The highest BCUT2D eigenvalue weighted by atomic mass is 16.5. The molecule has 0 aromatic heterocycles. The lowest BCUT2D eigenvalue weighted by Crippen LogP contribution is -2.41. The monoisotopic (exact) mass is 244 g/mol. The molecule has 0 aromatic carbocycles. The van der Waals surface area contributed by atoms with Crippen LogP contribution < -0.4 is 10.6 Å². The summed E-state index contributed by atoms with van der Waals surface area (Å²) >= 11 is 0. The predicted octanol–water partition coefficient (Wildman–Crippen LogP) is -0.120. The summed E-state index contributed by atoms with van der Waals surface area (Å²) in [5.74, 6) is -1.87. The van der Waals surface area contributed by atoms with Crippen LogP contribution in [0.2, 0.25) is 0 Å². The van der Waals surface area contributed by atoms with Crippen LogP contribution in [-0.4, -0.2) is 42.8 Å². The van der Waals surface area contributed by atoms with Crippen LogP contribution in [-0.2, 0) is 14.3 Å². The largest absolute Gasteiger partial charge is 0.480 e. The van der Waals surface area contributed by atoms with E-state index in [1.54, 1.807) is 6.08 Å². The van der Waals surface area contributed by atoms with Crippen molar-refractivity contribution in [2.24, 2.45) is 0 Å². The number of aliphatic carboxylic acids is 1. The maximum Gasteiger partial charge on any atom is 0.329 e. The van der Waals surface area contributed by atoms with Gasteiger partial charge in [-0.05, 0) is 13.8 Å². The van der Waals surface area contributed by atoms with Crippen LogP contribution >= 0.6 is 0 Å². The average Bonchev–Trinajstić information content (AvgIpc) is 2.15. The highest BCUT2D eigenvalue weighted by Gasteiger charge is 2.07. The number of carboxylic acids is 1. The zero-order valence-electron chi connectivity index (χ0n) is 9.78. The van der Waals surface area contributed by atoms with Gasteiger partial charge in [0.05, 0.1) is 0 Å². The Labute approximate surface area is 98.8 Å². The fourth-order valence-corrected chi connectivity index (χ4v) is 0.786. The summed E-state index contributed by atoms with van der Waals surface area (Å²) in [5, 5.41) is 12.7. The summed E-state index contributed by atoms with van der Waals surface area (Å²) in [5.41, 5.74) is 1.04. The summed E-state index contributed by atoms with van der Waals surface area (Å²) in [6.07, 6.45) is 1.78.